The molecule has 2 fully saturated rings. The van der Waals surface area contributed by atoms with E-state index >= 15 is 0 Å². The van der Waals surface area contributed by atoms with E-state index in [0.29, 0.717) is 42.3 Å². The quantitative estimate of drug-likeness (QED) is 0.303. The van der Waals surface area contributed by atoms with Gasteiger partial charge in [0.25, 0.3) is 5.91 Å². The smallest absolute Gasteiger partial charge is 0.256 e. The fourth-order valence-corrected chi connectivity index (χ4v) is 6.57. The van der Waals surface area contributed by atoms with Crippen molar-refractivity contribution < 1.29 is 18.7 Å². The van der Waals surface area contributed by atoms with Crippen LogP contribution in [0.1, 0.15) is 68.4 Å². The van der Waals surface area contributed by atoms with Crippen LogP contribution in [0, 0.1) is 24.6 Å². The SMILES string of the molecule is Cc1cncc2c1c(C[C@@H]1CCN([C@H](CCC3OCCO3)C(C)C)C1)cn2-c1ccc(F)cc1C(=O)N(C)C(C)C. The van der Waals surface area contributed by atoms with Crippen molar-refractivity contribution in [3.05, 3.63) is 59.3 Å². The maximum Gasteiger partial charge on any atom is 0.256 e. The minimum Gasteiger partial charge on any atom is -0.350 e. The van der Waals surface area contributed by atoms with Crippen LogP contribution in [0.15, 0.2) is 36.8 Å². The van der Waals surface area contributed by atoms with E-state index in [9.17, 15) is 9.18 Å². The number of aromatic nitrogens is 2. The molecular weight excluding hydrogens is 519 g/mol. The maximum absolute atomic E-state index is 14.4. The number of hydrogen-bond acceptors (Lipinski definition) is 5. The highest BCUT2D eigenvalue weighted by Crippen LogP contribution is 2.34. The number of carbonyl (C=O) groups is 1. The Kier molecular flexibility index (Phi) is 9.12. The lowest BCUT2D eigenvalue weighted by Gasteiger charge is -2.32. The monoisotopic (exact) mass is 564 g/mol. The van der Waals surface area contributed by atoms with Crippen LogP contribution >= 0.6 is 0 Å². The van der Waals surface area contributed by atoms with Crippen LogP contribution in [0.3, 0.4) is 0 Å². The van der Waals surface area contributed by atoms with Gasteiger partial charge < -0.3 is 18.9 Å². The van der Waals surface area contributed by atoms with Crippen molar-refractivity contribution in [3.63, 3.8) is 0 Å². The third-order valence-corrected chi connectivity index (χ3v) is 8.98. The highest BCUT2D eigenvalue weighted by Gasteiger charge is 2.32. The van der Waals surface area contributed by atoms with Gasteiger partial charge in [-0.1, -0.05) is 13.8 Å². The molecule has 3 aromatic rings. The number of carbonyl (C=O) groups excluding carboxylic acids is 1. The lowest BCUT2D eigenvalue weighted by molar-refractivity contribution is -0.0527. The number of pyridine rings is 1. The molecule has 0 saturated carbocycles. The summed E-state index contributed by atoms with van der Waals surface area (Å²) in [7, 11) is 1.76. The van der Waals surface area contributed by atoms with Gasteiger partial charge in [0, 0.05) is 43.5 Å². The number of ether oxygens (including phenoxy) is 2. The molecule has 0 N–H and O–H groups in total. The van der Waals surface area contributed by atoms with Gasteiger partial charge in [0.15, 0.2) is 6.29 Å². The second kappa shape index (κ2) is 12.6. The molecule has 41 heavy (non-hydrogen) atoms. The summed E-state index contributed by atoms with van der Waals surface area (Å²) in [5.41, 5.74) is 4.34. The lowest BCUT2D eigenvalue weighted by atomic mass is 9.96. The summed E-state index contributed by atoms with van der Waals surface area (Å²) in [5, 5.41) is 1.18. The van der Waals surface area contributed by atoms with Gasteiger partial charge in [0.1, 0.15) is 5.82 Å². The first-order valence-electron chi connectivity index (χ1n) is 15.1. The summed E-state index contributed by atoms with van der Waals surface area (Å²) in [6, 6.07) is 5.00. The maximum atomic E-state index is 14.4. The van der Waals surface area contributed by atoms with Gasteiger partial charge in [0.2, 0.25) is 0 Å². The van der Waals surface area contributed by atoms with Crippen LogP contribution in [0.2, 0.25) is 0 Å². The van der Waals surface area contributed by atoms with Crippen molar-refractivity contribution in [2.45, 2.75) is 78.7 Å². The summed E-state index contributed by atoms with van der Waals surface area (Å²) in [5.74, 6) is 0.474. The minimum absolute atomic E-state index is 0.00214. The van der Waals surface area contributed by atoms with Crippen molar-refractivity contribution in [3.8, 4) is 5.69 Å². The van der Waals surface area contributed by atoms with Crippen LogP contribution in [-0.2, 0) is 15.9 Å². The van der Waals surface area contributed by atoms with Crippen LogP contribution in [-0.4, -0.2) is 77.0 Å². The summed E-state index contributed by atoms with van der Waals surface area (Å²) < 4.78 is 27.9. The zero-order chi connectivity index (χ0) is 29.3. The van der Waals surface area contributed by atoms with Crippen molar-refractivity contribution in [2.75, 3.05) is 33.4 Å². The molecule has 8 heteroatoms. The molecule has 2 aromatic heterocycles. The fourth-order valence-electron chi connectivity index (χ4n) is 6.57. The van der Waals surface area contributed by atoms with Crippen LogP contribution in [0.4, 0.5) is 4.39 Å². The Hall–Kier alpha value is -2.81. The largest absolute Gasteiger partial charge is 0.350 e. The van der Waals surface area contributed by atoms with E-state index in [1.165, 1.54) is 23.1 Å². The Morgan fingerprint density at radius 3 is 2.63 bits per heavy atom. The van der Waals surface area contributed by atoms with Gasteiger partial charge in [-0.05, 0) is 94.2 Å². The number of hydrogen-bond donors (Lipinski definition) is 0. The van der Waals surface area contributed by atoms with Crippen molar-refractivity contribution in [2.24, 2.45) is 11.8 Å². The number of likely N-dealkylation sites (tertiary alicyclic amines) is 1. The minimum atomic E-state index is -0.419. The second-order valence-electron chi connectivity index (χ2n) is 12.5. The van der Waals surface area contributed by atoms with E-state index in [4.69, 9.17) is 9.47 Å². The average molecular weight is 565 g/mol. The fraction of sp³-hybridized carbons (Fsp3) is 0.576. The molecule has 0 unspecified atom stereocenters. The Balaban J connectivity index is 1.41. The van der Waals surface area contributed by atoms with E-state index in [-0.39, 0.29) is 18.2 Å². The number of benzene rings is 1. The summed E-state index contributed by atoms with van der Waals surface area (Å²) in [6.07, 6.45) is 9.97. The molecule has 0 aliphatic carbocycles. The second-order valence-corrected chi connectivity index (χ2v) is 12.5. The van der Waals surface area contributed by atoms with E-state index in [2.05, 4.69) is 36.9 Å². The normalized spacial score (nSPS) is 19.2. The van der Waals surface area contributed by atoms with Gasteiger partial charge in [-0.25, -0.2) is 4.39 Å². The Morgan fingerprint density at radius 1 is 1.17 bits per heavy atom. The Morgan fingerprint density at radius 2 is 1.93 bits per heavy atom. The molecule has 2 atom stereocenters. The molecule has 1 aromatic carbocycles. The third-order valence-electron chi connectivity index (χ3n) is 8.98. The number of nitrogens with zero attached hydrogens (tertiary/aromatic N) is 4. The lowest BCUT2D eigenvalue weighted by Crippen LogP contribution is -2.38. The van der Waals surface area contributed by atoms with Gasteiger partial charge in [-0.3, -0.25) is 14.7 Å². The highest BCUT2D eigenvalue weighted by atomic mass is 19.1. The molecular formula is C33H45FN4O3. The van der Waals surface area contributed by atoms with Crippen molar-refractivity contribution in [1.29, 1.82) is 0 Å². The number of halogens is 1. The molecule has 4 heterocycles. The molecule has 2 aliphatic heterocycles. The van der Waals surface area contributed by atoms with Gasteiger partial charge in [0.05, 0.1) is 36.2 Å². The predicted octanol–water partition coefficient (Wildman–Crippen LogP) is 6.00. The molecule has 5 rings (SSSR count). The van der Waals surface area contributed by atoms with E-state index < -0.39 is 5.82 Å². The first-order chi connectivity index (χ1) is 19.6. The topological polar surface area (TPSA) is 59.8 Å². The van der Waals surface area contributed by atoms with Crippen LogP contribution in [0.25, 0.3) is 16.6 Å². The third kappa shape index (κ3) is 6.35. The molecule has 7 nitrogen and oxygen atoms in total. The molecule has 0 radical (unpaired) electrons. The molecule has 1 amide bonds. The zero-order valence-electron chi connectivity index (χ0n) is 25.4. The van der Waals surface area contributed by atoms with Crippen LogP contribution < -0.4 is 0 Å². The number of aryl methyl sites for hydroxylation is 1. The van der Waals surface area contributed by atoms with E-state index in [0.717, 1.165) is 49.9 Å². The van der Waals surface area contributed by atoms with Crippen molar-refractivity contribution >= 4 is 16.8 Å². The Bertz CT molecular complexity index is 1360. The van der Waals surface area contributed by atoms with E-state index in [1.54, 1.807) is 18.0 Å². The summed E-state index contributed by atoms with van der Waals surface area (Å²) in [6.45, 7) is 14.2. The molecule has 2 saturated heterocycles. The molecule has 2 aliphatic rings. The number of fused-ring (bicyclic) bond motifs is 1. The average Bonchev–Trinajstić information content (AvgIpc) is 3.70. The van der Waals surface area contributed by atoms with Gasteiger partial charge >= 0.3 is 0 Å². The first kappa shape index (κ1) is 29.7. The van der Waals surface area contributed by atoms with Crippen molar-refractivity contribution in [1.82, 2.24) is 19.4 Å². The number of amides is 1. The van der Waals surface area contributed by atoms with Gasteiger partial charge in [-0.15, -0.1) is 0 Å². The molecule has 222 valence electrons. The predicted molar refractivity (Wildman–Crippen MR) is 160 cm³/mol. The summed E-state index contributed by atoms with van der Waals surface area (Å²) >= 11 is 0. The van der Waals surface area contributed by atoms with E-state index in [1.807, 2.05) is 30.8 Å². The molecule has 0 bridgehead atoms. The number of rotatable bonds is 10. The molecule has 0 spiro atoms. The highest BCUT2D eigenvalue weighted by molar-refractivity contribution is 5.99. The van der Waals surface area contributed by atoms with Gasteiger partial charge in [-0.2, -0.15) is 0 Å². The standard InChI is InChI=1S/C33H45FN4O3/c1-21(2)28(9-10-31-40-13-14-41-31)37-12-11-24(19-37)15-25-20-38(30-18-35-17-23(5)32(25)30)29-8-7-26(34)16-27(29)33(39)36(6)22(3)4/h7-8,16-18,20-22,24,28,31H,9-15,19H2,1-6H3/t24-,28+/m0/s1. The Labute approximate surface area is 243 Å². The zero-order valence-corrected chi connectivity index (χ0v) is 25.4. The first-order valence-corrected chi connectivity index (χ1v) is 15.1. The van der Waals surface area contributed by atoms with Crippen LogP contribution in [0.5, 0.6) is 0 Å². The summed E-state index contributed by atoms with van der Waals surface area (Å²) in [4.78, 5) is 22.2.